The molecule has 0 saturated carbocycles. The second-order valence-electron chi connectivity index (χ2n) is 7.53. The zero-order valence-electron chi connectivity index (χ0n) is 18.2. The Bertz CT molecular complexity index is 1040. The van der Waals surface area contributed by atoms with Crippen molar-refractivity contribution >= 4 is 35.0 Å². The molecule has 2 aromatic carbocycles. The lowest BCUT2D eigenvalue weighted by Crippen LogP contribution is -2.50. The Morgan fingerprint density at radius 2 is 1.76 bits per heavy atom. The number of thioether (sulfide) groups is 1. The number of amides is 1. The third-order valence-corrected chi connectivity index (χ3v) is 6.29. The molecule has 1 atom stereocenters. The summed E-state index contributed by atoms with van der Waals surface area (Å²) in [7, 11) is 0. The number of nitrogens with zero attached hydrogens (tertiary/aromatic N) is 3. The van der Waals surface area contributed by atoms with E-state index in [1.807, 2.05) is 0 Å². The number of benzene rings is 2. The van der Waals surface area contributed by atoms with Gasteiger partial charge in [0.25, 0.3) is 11.6 Å². The summed E-state index contributed by atoms with van der Waals surface area (Å²) < 4.78 is 43.9. The molecule has 2 aromatic rings. The molecule has 182 valence electrons. The quantitative estimate of drug-likeness (QED) is 0.247. The number of nitro benzene ring substituents is 1. The van der Waals surface area contributed by atoms with Gasteiger partial charge in [0.05, 0.1) is 10.5 Å². The number of non-ortho nitro benzene ring substituents is 1. The van der Waals surface area contributed by atoms with Crippen LogP contribution in [0.15, 0.2) is 53.4 Å². The minimum Gasteiger partial charge on any atom is -0.455 e. The van der Waals surface area contributed by atoms with Gasteiger partial charge in [0.15, 0.2) is 6.61 Å². The Labute approximate surface area is 197 Å². The van der Waals surface area contributed by atoms with Gasteiger partial charge in [-0.15, -0.1) is 11.8 Å². The number of halogens is 3. The molecule has 34 heavy (non-hydrogen) atoms. The number of ether oxygens (including phenoxy) is 1. The summed E-state index contributed by atoms with van der Waals surface area (Å²) in [5.74, 6) is -0.983. The number of nitro groups is 1. The fourth-order valence-electron chi connectivity index (χ4n) is 3.33. The fourth-order valence-corrected chi connectivity index (χ4v) is 4.20. The van der Waals surface area contributed by atoms with E-state index in [0.717, 1.165) is 23.9 Å². The highest BCUT2D eigenvalue weighted by Crippen LogP contribution is 2.32. The first-order valence-corrected chi connectivity index (χ1v) is 11.2. The SMILES string of the molecule is CC(Sc1ccc([N+](=O)[O-])cc1)C(=O)OCC(=O)N1CCN(c2cccc(C(F)(F)F)c2)CC1. The highest BCUT2D eigenvalue weighted by atomic mass is 32.2. The van der Waals surface area contributed by atoms with Crippen molar-refractivity contribution in [2.24, 2.45) is 0 Å². The number of piperazine rings is 1. The van der Waals surface area contributed by atoms with Crippen LogP contribution in [0.3, 0.4) is 0 Å². The minimum absolute atomic E-state index is 0.0571. The van der Waals surface area contributed by atoms with Crippen molar-refractivity contribution < 1.29 is 32.4 Å². The summed E-state index contributed by atoms with van der Waals surface area (Å²) >= 11 is 1.15. The molecule has 1 saturated heterocycles. The van der Waals surface area contributed by atoms with E-state index in [2.05, 4.69) is 0 Å². The van der Waals surface area contributed by atoms with Gasteiger partial charge in [-0.25, -0.2) is 0 Å². The van der Waals surface area contributed by atoms with Gasteiger partial charge in [-0.3, -0.25) is 19.7 Å². The van der Waals surface area contributed by atoms with Crippen LogP contribution in [0, 0.1) is 10.1 Å². The van der Waals surface area contributed by atoms with Gasteiger partial charge >= 0.3 is 12.1 Å². The Morgan fingerprint density at radius 3 is 2.35 bits per heavy atom. The van der Waals surface area contributed by atoms with Crippen molar-refractivity contribution in [2.45, 2.75) is 23.2 Å². The second-order valence-corrected chi connectivity index (χ2v) is 8.95. The van der Waals surface area contributed by atoms with Crippen LogP contribution >= 0.6 is 11.8 Å². The molecule has 1 aliphatic heterocycles. The predicted molar refractivity (Wildman–Crippen MR) is 120 cm³/mol. The van der Waals surface area contributed by atoms with Crippen molar-refractivity contribution in [3.8, 4) is 0 Å². The molecule has 8 nitrogen and oxygen atoms in total. The molecule has 0 N–H and O–H groups in total. The highest BCUT2D eigenvalue weighted by molar-refractivity contribution is 8.00. The first-order chi connectivity index (χ1) is 16.0. The number of esters is 1. The lowest BCUT2D eigenvalue weighted by atomic mass is 10.1. The first kappa shape index (κ1) is 25.3. The van der Waals surface area contributed by atoms with Crippen LogP contribution in [0.1, 0.15) is 12.5 Å². The van der Waals surface area contributed by atoms with Gasteiger partial charge in [0.1, 0.15) is 5.25 Å². The molecule has 12 heteroatoms. The van der Waals surface area contributed by atoms with Gasteiger partial charge < -0.3 is 14.5 Å². The number of carbonyl (C=O) groups excluding carboxylic acids is 2. The topological polar surface area (TPSA) is 93.0 Å². The van der Waals surface area contributed by atoms with E-state index in [0.29, 0.717) is 36.8 Å². The minimum atomic E-state index is -4.43. The van der Waals surface area contributed by atoms with E-state index in [-0.39, 0.29) is 11.6 Å². The maximum atomic E-state index is 12.9. The molecule has 0 aromatic heterocycles. The third kappa shape index (κ3) is 6.62. The molecule has 0 bridgehead atoms. The van der Waals surface area contributed by atoms with Crippen LogP contribution in [-0.4, -0.2) is 59.7 Å². The Morgan fingerprint density at radius 1 is 1.12 bits per heavy atom. The molecule has 3 rings (SSSR count). The van der Waals surface area contributed by atoms with Crippen LogP contribution in [-0.2, 0) is 20.5 Å². The van der Waals surface area contributed by atoms with E-state index in [1.165, 1.54) is 35.2 Å². The maximum Gasteiger partial charge on any atom is 0.416 e. The van der Waals surface area contributed by atoms with Crippen molar-refractivity contribution in [1.29, 1.82) is 0 Å². The number of carbonyl (C=O) groups is 2. The molecule has 1 heterocycles. The van der Waals surface area contributed by atoms with E-state index in [1.54, 1.807) is 17.9 Å². The van der Waals surface area contributed by atoms with Crippen LogP contribution in [0.4, 0.5) is 24.5 Å². The number of alkyl halides is 3. The van der Waals surface area contributed by atoms with Crippen molar-refractivity contribution in [3.05, 3.63) is 64.2 Å². The van der Waals surface area contributed by atoms with Crippen LogP contribution < -0.4 is 4.90 Å². The summed E-state index contributed by atoms with van der Waals surface area (Å²) in [6, 6.07) is 10.8. The molecule has 1 unspecified atom stereocenters. The molecular weight excluding hydrogens is 475 g/mol. The van der Waals surface area contributed by atoms with E-state index >= 15 is 0 Å². The molecule has 0 spiro atoms. The Hall–Kier alpha value is -3.28. The summed E-state index contributed by atoms with van der Waals surface area (Å²) in [5.41, 5.74) is -0.347. The zero-order chi connectivity index (χ0) is 24.9. The molecule has 1 aliphatic rings. The van der Waals surface area contributed by atoms with E-state index < -0.39 is 34.5 Å². The third-order valence-electron chi connectivity index (χ3n) is 5.20. The van der Waals surface area contributed by atoms with Crippen molar-refractivity contribution in [1.82, 2.24) is 4.90 Å². The fraction of sp³-hybridized carbons (Fsp3) is 0.364. The number of hydrogen-bond donors (Lipinski definition) is 0. The smallest absolute Gasteiger partial charge is 0.416 e. The van der Waals surface area contributed by atoms with E-state index in [4.69, 9.17) is 4.74 Å². The summed E-state index contributed by atoms with van der Waals surface area (Å²) in [5, 5.41) is 10.1. The molecule has 1 amide bonds. The second kappa shape index (κ2) is 10.8. The normalized spacial score (nSPS) is 15.1. The van der Waals surface area contributed by atoms with Crippen molar-refractivity contribution in [2.75, 3.05) is 37.7 Å². The standard InChI is InChI=1S/C22H22F3N3O5S/c1-15(34-19-7-5-17(6-8-19)28(31)32)21(30)33-14-20(29)27-11-9-26(10-12-27)18-4-2-3-16(13-18)22(23,24)25/h2-8,13,15H,9-12,14H2,1H3. The lowest BCUT2D eigenvalue weighted by molar-refractivity contribution is -0.384. The molecular formula is C22H22F3N3O5S. The number of anilines is 1. The largest absolute Gasteiger partial charge is 0.455 e. The van der Waals surface area contributed by atoms with Gasteiger partial charge in [-0.2, -0.15) is 13.2 Å². The van der Waals surface area contributed by atoms with E-state index in [9.17, 15) is 32.9 Å². The van der Waals surface area contributed by atoms with Gasteiger partial charge in [0.2, 0.25) is 0 Å². The Balaban J connectivity index is 1.45. The van der Waals surface area contributed by atoms with Gasteiger partial charge in [-0.05, 0) is 37.3 Å². The number of hydrogen-bond acceptors (Lipinski definition) is 7. The highest BCUT2D eigenvalue weighted by Gasteiger charge is 2.31. The average molecular weight is 497 g/mol. The van der Waals surface area contributed by atoms with Gasteiger partial charge in [-0.1, -0.05) is 6.07 Å². The summed E-state index contributed by atoms with van der Waals surface area (Å²) in [6.45, 7) is 2.46. The number of rotatable bonds is 7. The Kier molecular flexibility index (Phi) is 8.02. The molecule has 0 aliphatic carbocycles. The average Bonchev–Trinajstić information content (AvgIpc) is 2.82. The zero-order valence-corrected chi connectivity index (χ0v) is 19.0. The molecule has 1 fully saturated rings. The van der Waals surface area contributed by atoms with Gasteiger partial charge in [0, 0.05) is 48.9 Å². The van der Waals surface area contributed by atoms with Crippen LogP contribution in [0.25, 0.3) is 0 Å². The maximum absolute atomic E-state index is 12.9. The predicted octanol–water partition coefficient (Wildman–Crippen LogP) is 3.99. The first-order valence-electron chi connectivity index (χ1n) is 10.3. The van der Waals surface area contributed by atoms with Crippen molar-refractivity contribution in [3.63, 3.8) is 0 Å². The summed E-state index contributed by atoms with van der Waals surface area (Å²) in [4.78, 5) is 38.8. The van der Waals surface area contributed by atoms with Crippen LogP contribution in [0.2, 0.25) is 0 Å². The van der Waals surface area contributed by atoms with Crippen LogP contribution in [0.5, 0.6) is 0 Å². The molecule has 0 radical (unpaired) electrons. The monoisotopic (exact) mass is 497 g/mol. The lowest BCUT2D eigenvalue weighted by Gasteiger charge is -2.36. The summed E-state index contributed by atoms with van der Waals surface area (Å²) in [6.07, 6.45) is -4.43.